The summed E-state index contributed by atoms with van der Waals surface area (Å²) in [6.45, 7) is 16.3. The minimum Gasteiger partial charge on any atom is -0.493 e. The van der Waals surface area contributed by atoms with Gasteiger partial charge in [-0.1, -0.05) is 59.8 Å². The van der Waals surface area contributed by atoms with E-state index in [2.05, 4.69) is 52.8 Å². The zero-order valence-electron chi connectivity index (χ0n) is 21.9. The molecule has 0 bridgehead atoms. The van der Waals surface area contributed by atoms with Gasteiger partial charge in [0.05, 0.1) is 6.61 Å². The molecule has 0 heterocycles. The van der Waals surface area contributed by atoms with E-state index in [4.69, 9.17) is 4.74 Å². The molecule has 1 aromatic rings. The lowest BCUT2D eigenvalue weighted by Crippen LogP contribution is -2.34. The lowest BCUT2D eigenvalue weighted by Gasteiger charge is -2.42. The van der Waals surface area contributed by atoms with Gasteiger partial charge in [-0.25, -0.2) is 4.79 Å². The third-order valence-corrected chi connectivity index (χ3v) is 7.93. The Morgan fingerprint density at radius 2 is 1.76 bits per heavy atom. The molecule has 0 amide bonds. The Morgan fingerprint density at radius 3 is 2.33 bits per heavy atom. The molecule has 1 saturated carbocycles. The van der Waals surface area contributed by atoms with E-state index in [1.807, 2.05) is 19.9 Å². The van der Waals surface area contributed by atoms with Crippen LogP contribution in [0.5, 0.6) is 5.75 Å². The Morgan fingerprint density at radius 1 is 1.12 bits per heavy atom. The first-order valence-corrected chi connectivity index (χ1v) is 12.9. The maximum atomic E-state index is 11.3. The Kier molecular flexibility index (Phi) is 7.81. The van der Waals surface area contributed by atoms with Crippen molar-refractivity contribution in [3.63, 3.8) is 0 Å². The van der Waals surface area contributed by atoms with Crippen LogP contribution in [0.4, 0.5) is 0 Å². The number of carboxylic acids is 1. The molecule has 0 aromatic heterocycles. The Balaban J connectivity index is 1.77. The second-order valence-corrected chi connectivity index (χ2v) is 11.5. The van der Waals surface area contributed by atoms with Gasteiger partial charge >= 0.3 is 5.97 Å². The molecule has 0 saturated heterocycles. The molecule has 2 aliphatic carbocycles. The summed E-state index contributed by atoms with van der Waals surface area (Å²) in [5.74, 6) is 1.57. The van der Waals surface area contributed by atoms with Gasteiger partial charge in [0.25, 0.3) is 0 Å². The molecule has 2 aliphatic rings. The van der Waals surface area contributed by atoms with Crippen molar-refractivity contribution in [1.82, 2.24) is 0 Å². The Labute approximate surface area is 201 Å². The van der Waals surface area contributed by atoms with E-state index in [9.17, 15) is 9.90 Å². The second kappa shape index (κ2) is 10.1. The van der Waals surface area contributed by atoms with Gasteiger partial charge in [-0.2, -0.15) is 0 Å². The topological polar surface area (TPSA) is 46.5 Å². The number of aliphatic carboxylic acids is 1. The van der Waals surface area contributed by atoms with E-state index in [0.29, 0.717) is 23.8 Å². The van der Waals surface area contributed by atoms with Crippen LogP contribution in [0.2, 0.25) is 0 Å². The summed E-state index contributed by atoms with van der Waals surface area (Å²) in [7, 11) is 0. The van der Waals surface area contributed by atoms with Gasteiger partial charge < -0.3 is 9.84 Å². The largest absolute Gasteiger partial charge is 0.493 e. The number of carbonyl (C=O) groups is 1. The standard InChI is InChI=1S/C30H44O3/c1-8-16-33-27-19-26-25(29(4,5)14-15-30(26,6)7)18-24(27)23-17-21(23)13-11-10-12-20(3)22(9-2)28(31)32/h10,12,18-19,21,23H,8-9,11,13-17H2,1-7H3,(H,31,32). The summed E-state index contributed by atoms with van der Waals surface area (Å²) in [6.07, 6.45) is 11.5. The van der Waals surface area contributed by atoms with E-state index in [1.165, 1.54) is 36.0 Å². The third kappa shape index (κ3) is 5.73. The van der Waals surface area contributed by atoms with E-state index in [-0.39, 0.29) is 10.8 Å². The van der Waals surface area contributed by atoms with E-state index >= 15 is 0 Å². The van der Waals surface area contributed by atoms with Crippen LogP contribution < -0.4 is 4.74 Å². The molecular formula is C30H44O3. The van der Waals surface area contributed by atoms with E-state index in [0.717, 1.165) is 37.2 Å². The van der Waals surface area contributed by atoms with Crippen molar-refractivity contribution >= 4 is 5.97 Å². The highest BCUT2D eigenvalue weighted by molar-refractivity contribution is 5.87. The lowest BCUT2D eigenvalue weighted by molar-refractivity contribution is -0.132. The molecule has 3 nitrogen and oxygen atoms in total. The quantitative estimate of drug-likeness (QED) is 0.288. The summed E-state index contributed by atoms with van der Waals surface area (Å²) in [5.41, 5.74) is 6.18. The molecule has 33 heavy (non-hydrogen) atoms. The average molecular weight is 453 g/mol. The van der Waals surface area contributed by atoms with Gasteiger partial charge in [0.1, 0.15) is 5.75 Å². The predicted octanol–water partition coefficient (Wildman–Crippen LogP) is 8.08. The summed E-state index contributed by atoms with van der Waals surface area (Å²) in [6, 6.07) is 4.87. The van der Waals surface area contributed by atoms with Crippen molar-refractivity contribution in [2.24, 2.45) is 5.92 Å². The first-order chi connectivity index (χ1) is 15.5. The SMILES string of the molecule is CCCOc1cc2c(cc1C1CC1CCC=CC(C)=C(CC)C(=O)O)C(C)(C)CCC2(C)C. The number of carboxylic acid groups (broad SMARTS) is 1. The molecular weight excluding hydrogens is 408 g/mol. The highest BCUT2D eigenvalue weighted by Gasteiger charge is 2.43. The smallest absolute Gasteiger partial charge is 0.331 e. The van der Waals surface area contributed by atoms with E-state index < -0.39 is 5.97 Å². The van der Waals surface area contributed by atoms with Crippen LogP contribution in [-0.2, 0) is 15.6 Å². The average Bonchev–Trinajstić information content (AvgIpc) is 3.52. The number of hydrogen-bond donors (Lipinski definition) is 1. The Bertz CT molecular complexity index is 932. The molecule has 2 atom stereocenters. The fourth-order valence-corrected chi connectivity index (χ4v) is 5.45. The van der Waals surface area contributed by atoms with Crippen molar-refractivity contribution in [3.05, 3.63) is 52.1 Å². The highest BCUT2D eigenvalue weighted by atomic mass is 16.5. The number of fused-ring (bicyclic) bond motifs is 1. The molecule has 182 valence electrons. The van der Waals surface area contributed by atoms with Crippen molar-refractivity contribution < 1.29 is 14.6 Å². The summed E-state index contributed by atoms with van der Waals surface area (Å²) in [5, 5.41) is 9.30. The summed E-state index contributed by atoms with van der Waals surface area (Å²) in [4.78, 5) is 11.3. The normalized spacial score (nSPS) is 23.7. The zero-order chi connectivity index (χ0) is 24.4. The lowest BCUT2D eigenvalue weighted by atomic mass is 9.62. The maximum absolute atomic E-state index is 11.3. The van der Waals surface area contributed by atoms with Gasteiger partial charge in [0.2, 0.25) is 0 Å². The minimum atomic E-state index is -0.806. The fourth-order valence-electron chi connectivity index (χ4n) is 5.45. The van der Waals surface area contributed by atoms with Gasteiger partial charge in [0, 0.05) is 5.57 Å². The zero-order valence-corrected chi connectivity index (χ0v) is 21.9. The minimum absolute atomic E-state index is 0.195. The van der Waals surface area contributed by atoms with Gasteiger partial charge in [0.15, 0.2) is 0 Å². The van der Waals surface area contributed by atoms with Crippen molar-refractivity contribution in [1.29, 1.82) is 0 Å². The molecule has 0 aliphatic heterocycles. The molecule has 3 rings (SSSR count). The molecule has 0 radical (unpaired) electrons. The van der Waals surface area contributed by atoms with Crippen LogP contribution in [0.25, 0.3) is 0 Å². The van der Waals surface area contributed by atoms with Crippen LogP contribution in [-0.4, -0.2) is 17.7 Å². The third-order valence-electron chi connectivity index (χ3n) is 7.93. The van der Waals surface area contributed by atoms with Crippen LogP contribution in [0.1, 0.15) is 116 Å². The number of rotatable bonds is 10. The summed E-state index contributed by atoms with van der Waals surface area (Å²) >= 11 is 0. The fraction of sp³-hybridized carbons (Fsp3) is 0.633. The number of allylic oxidation sites excluding steroid dienone is 3. The molecule has 3 heteroatoms. The van der Waals surface area contributed by atoms with Crippen molar-refractivity contribution in [3.8, 4) is 5.75 Å². The Hall–Kier alpha value is -2.03. The van der Waals surface area contributed by atoms with Crippen LogP contribution >= 0.6 is 0 Å². The number of hydrogen-bond acceptors (Lipinski definition) is 2. The number of ether oxygens (including phenoxy) is 1. The van der Waals surface area contributed by atoms with Gasteiger partial charge in [-0.15, -0.1) is 0 Å². The van der Waals surface area contributed by atoms with Crippen LogP contribution in [0, 0.1) is 5.92 Å². The predicted molar refractivity (Wildman–Crippen MR) is 137 cm³/mol. The molecule has 2 unspecified atom stereocenters. The molecule has 1 aromatic carbocycles. The van der Waals surface area contributed by atoms with Crippen molar-refractivity contribution in [2.75, 3.05) is 6.61 Å². The monoisotopic (exact) mass is 452 g/mol. The number of benzene rings is 1. The molecule has 1 fully saturated rings. The summed E-state index contributed by atoms with van der Waals surface area (Å²) < 4.78 is 6.31. The first kappa shape index (κ1) is 25.6. The van der Waals surface area contributed by atoms with Crippen LogP contribution in [0.15, 0.2) is 35.4 Å². The maximum Gasteiger partial charge on any atom is 0.331 e. The highest BCUT2D eigenvalue weighted by Crippen LogP contribution is 2.56. The molecule has 0 spiro atoms. The van der Waals surface area contributed by atoms with Crippen molar-refractivity contribution in [2.45, 2.75) is 110 Å². The van der Waals surface area contributed by atoms with E-state index in [1.54, 1.807) is 0 Å². The first-order valence-electron chi connectivity index (χ1n) is 12.9. The van der Waals surface area contributed by atoms with Gasteiger partial charge in [-0.3, -0.25) is 0 Å². The van der Waals surface area contributed by atoms with Gasteiger partial charge in [-0.05, 0) is 103 Å². The molecule has 1 N–H and O–H groups in total. The second-order valence-electron chi connectivity index (χ2n) is 11.5. The van der Waals surface area contributed by atoms with Crippen LogP contribution in [0.3, 0.4) is 0 Å².